The molecule has 5 nitrogen and oxygen atoms in total. The minimum absolute atomic E-state index is 0.333. The highest BCUT2D eigenvalue weighted by atomic mass is 35.5. The zero-order chi connectivity index (χ0) is 16.5. The average molecular weight is 326 g/mol. The van der Waals surface area contributed by atoms with E-state index in [0.717, 1.165) is 5.56 Å². The van der Waals surface area contributed by atoms with Gasteiger partial charge in [-0.05, 0) is 51.3 Å². The number of nitrogens with zero attached hydrogens (tertiary/aromatic N) is 1. The van der Waals surface area contributed by atoms with Crippen LogP contribution in [0.2, 0.25) is 5.02 Å². The Morgan fingerprint density at radius 1 is 1.45 bits per heavy atom. The highest BCUT2D eigenvalue weighted by Crippen LogP contribution is 2.31. The summed E-state index contributed by atoms with van der Waals surface area (Å²) in [6, 6.07) is 5.32. The summed E-state index contributed by atoms with van der Waals surface area (Å²) < 4.78 is 5.66. The first kappa shape index (κ1) is 16.6. The molecule has 0 bridgehead atoms. The van der Waals surface area contributed by atoms with Crippen molar-refractivity contribution in [2.24, 2.45) is 0 Å². The van der Waals surface area contributed by atoms with Crippen molar-refractivity contribution in [3.63, 3.8) is 0 Å². The normalized spacial score (nSPS) is 22.5. The number of likely N-dealkylation sites (tertiary alicyclic amines) is 1. The van der Waals surface area contributed by atoms with Gasteiger partial charge in [0, 0.05) is 6.54 Å². The quantitative estimate of drug-likeness (QED) is 0.924. The van der Waals surface area contributed by atoms with Gasteiger partial charge in [0.15, 0.2) is 6.10 Å². The SMILES string of the molecule is Cc1ccc(Cl)c(OC(C)C(=O)N2CCCC2(C)C(=O)O)c1. The van der Waals surface area contributed by atoms with E-state index in [1.165, 1.54) is 4.90 Å². The third-order valence-corrected chi connectivity index (χ3v) is 4.42. The van der Waals surface area contributed by atoms with E-state index in [1.807, 2.05) is 13.0 Å². The lowest BCUT2D eigenvalue weighted by Gasteiger charge is -2.33. The molecule has 1 aromatic carbocycles. The van der Waals surface area contributed by atoms with Crippen LogP contribution in [0.5, 0.6) is 5.75 Å². The van der Waals surface area contributed by atoms with Crippen molar-refractivity contribution in [1.29, 1.82) is 0 Å². The van der Waals surface area contributed by atoms with Gasteiger partial charge in [-0.25, -0.2) is 4.79 Å². The molecule has 6 heteroatoms. The Kier molecular flexibility index (Phi) is 4.66. The van der Waals surface area contributed by atoms with Crippen LogP contribution in [0.4, 0.5) is 0 Å². The predicted octanol–water partition coefficient (Wildman–Crippen LogP) is 2.88. The number of aryl methyl sites for hydroxylation is 1. The highest BCUT2D eigenvalue weighted by Gasteiger charge is 2.47. The highest BCUT2D eigenvalue weighted by molar-refractivity contribution is 6.32. The number of halogens is 1. The Balaban J connectivity index is 2.15. The van der Waals surface area contributed by atoms with E-state index in [2.05, 4.69) is 0 Å². The summed E-state index contributed by atoms with van der Waals surface area (Å²) in [7, 11) is 0. The van der Waals surface area contributed by atoms with Gasteiger partial charge in [0.2, 0.25) is 0 Å². The first-order chi connectivity index (χ1) is 10.3. The Hall–Kier alpha value is -1.75. The molecule has 2 rings (SSSR count). The number of aliphatic carboxylic acids is 1. The Morgan fingerprint density at radius 3 is 2.77 bits per heavy atom. The monoisotopic (exact) mass is 325 g/mol. The summed E-state index contributed by atoms with van der Waals surface area (Å²) in [5.74, 6) is -0.891. The van der Waals surface area contributed by atoms with Crippen molar-refractivity contribution in [3.8, 4) is 5.75 Å². The number of hydrogen-bond acceptors (Lipinski definition) is 3. The molecule has 1 aromatic rings. The topological polar surface area (TPSA) is 66.8 Å². The zero-order valence-electron chi connectivity index (χ0n) is 12.9. The van der Waals surface area contributed by atoms with Crippen molar-refractivity contribution >= 4 is 23.5 Å². The molecule has 0 aliphatic carbocycles. The van der Waals surface area contributed by atoms with Gasteiger partial charge in [-0.1, -0.05) is 17.7 Å². The summed E-state index contributed by atoms with van der Waals surface area (Å²) in [5, 5.41) is 9.81. The van der Waals surface area contributed by atoms with E-state index in [0.29, 0.717) is 30.2 Å². The maximum absolute atomic E-state index is 12.6. The molecule has 1 N–H and O–H groups in total. The third kappa shape index (κ3) is 3.04. The molecule has 1 aliphatic rings. The van der Waals surface area contributed by atoms with Gasteiger partial charge in [-0.2, -0.15) is 0 Å². The molecule has 2 atom stereocenters. The second-order valence-corrected chi connectivity index (χ2v) is 6.27. The number of carbonyl (C=O) groups excluding carboxylic acids is 1. The standard InChI is InChI=1S/C16H20ClNO4/c1-10-5-6-12(17)13(9-10)22-11(2)14(19)18-8-4-7-16(18,3)15(20)21/h5-6,9,11H,4,7-8H2,1-3H3,(H,20,21). The molecule has 1 aliphatic heterocycles. The van der Waals surface area contributed by atoms with Crippen LogP contribution in [0.3, 0.4) is 0 Å². The van der Waals surface area contributed by atoms with Crippen LogP contribution in [0, 0.1) is 6.92 Å². The van der Waals surface area contributed by atoms with Gasteiger partial charge in [0.05, 0.1) is 5.02 Å². The first-order valence-electron chi connectivity index (χ1n) is 7.23. The molecular formula is C16H20ClNO4. The largest absolute Gasteiger partial charge is 0.480 e. The number of carboxylic acids is 1. The van der Waals surface area contributed by atoms with Crippen molar-refractivity contribution in [2.75, 3.05) is 6.54 Å². The van der Waals surface area contributed by atoms with E-state index in [9.17, 15) is 14.7 Å². The summed E-state index contributed by atoms with van der Waals surface area (Å²) in [6.07, 6.45) is 0.328. The number of amides is 1. The molecule has 0 radical (unpaired) electrons. The summed E-state index contributed by atoms with van der Waals surface area (Å²) in [5.41, 5.74) is -0.193. The van der Waals surface area contributed by atoms with E-state index in [1.54, 1.807) is 26.0 Å². The molecule has 22 heavy (non-hydrogen) atoms. The lowest BCUT2D eigenvalue weighted by molar-refractivity contribution is -0.157. The number of benzene rings is 1. The molecule has 1 fully saturated rings. The lowest BCUT2D eigenvalue weighted by atomic mass is 9.99. The van der Waals surface area contributed by atoms with Crippen LogP contribution in [-0.2, 0) is 9.59 Å². The molecule has 0 aromatic heterocycles. The maximum atomic E-state index is 12.6. The van der Waals surface area contributed by atoms with Crippen molar-refractivity contribution in [2.45, 2.75) is 45.3 Å². The molecular weight excluding hydrogens is 306 g/mol. The van der Waals surface area contributed by atoms with Gasteiger partial charge < -0.3 is 14.7 Å². The lowest BCUT2D eigenvalue weighted by Crippen LogP contribution is -2.54. The molecule has 1 heterocycles. The molecule has 2 unspecified atom stereocenters. The third-order valence-electron chi connectivity index (χ3n) is 4.11. The fourth-order valence-corrected chi connectivity index (χ4v) is 2.86. The molecule has 1 amide bonds. The minimum atomic E-state index is -1.16. The number of hydrogen-bond donors (Lipinski definition) is 1. The smallest absolute Gasteiger partial charge is 0.329 e. The summed E-state index contributed by atoms with van der Waals surface area (Å²) in [4.78, 5) is 25.4. The van der Waals surface area contributed by atoms with Crippen LogP contribution < -0.4 is 4.74 Å². The number of carbonyl (C=O) groups is 2. The van der Waals surface area contributed by atoms with Crippen molar-refractivity contribution in [1.82, 2.24) is 4.90 Å². The number of carboxylic acid groups (broad SMARTS) is 1. The fraction of sp³-hybridized carbons (Fsp3) is 0.500. The second-order valence-electron chi connectivity index (χ2n) is 5.87. The van der Waals surface area contributed by atoms with Crippen molar-refractivity contribution < 1.29 is 19.4 Å². The number of rotatable bonds is 4. The first-order valence-corrected chi connectivity index (χ1v) is 7.61. The average Bonchev–Trinajstić information content (AvgIpc) is 2.85. The Morgan fingerprint density at radius 2 is 2.14 bits per heavy atom. The van der Waals surface area contributed by atoms with Crippen LogP contribution in [0.25, 0.3) is 0 Å². The van der Waals surface area contributed by atoms with Crippen molar-refractivity contribution in [3.05, 3.63) is 28.8 Å². The Bertz CT molecular complexity index is 604. The van der Waals surface area contributed by atoms with E-state index in [4.69, 9.17) is 16.3 Å². The Labute approximate surface area is 134 Å². The van der Waals surface area contributed by atoms with Crippen LogP contribution in [0.1, 0.15) is 32.3 Å². The van der Waals surface area contributed by atoms with Gasteiger partial charge >= 0.3 is 5.97 Å². The summed E-state index contributed by atoms with van der Waals surface area (Å²) in [6.45, 7) is 5.52. The minimum Gasteiger partial charge on any atom is -0.480 e. The maximum Gasteiger partial charge on any atom is 0.329 e. The van der Waals surface area contributed by atoms with Gasteiger partial charge in [0.25, 0.3) is 5.91 Å². The van der Waals surface area contributed by atoms with Gasteiger partial charge in [-0.3, -0.25) is 4.79 Å². The predicted molar refractivity (Wildman–Crippen MR) is 83.3 cm³/mol. The second kappa shape index (κ2) is 6.16. The molecule has 1 saturated heterocycles. The molecule has 0 saturated carbocycles. The molecule has 0 spiro atoms. The number of ether oxygens (including phenoxy) is 1. The van der Waals surface area contributed by atoms with Crippen LogP contribution in [-0.4, -0.2) is 40.1 Å². The zero-order valence-corrected chi connectivity index (χ0v) is 13.7. The van der Waals surface area contributed by atoms with Gasteiger partial charge in [0.1, 0.15) is 11.3 Å². The van der Waals surface area contributed by atoms with Crippen LogP contribution in [0.15, 0.2) is 18.2 Å². The van der Waals surface area contributed by atoms with E-state index >= 15 is 0 Å². The molecule has 120 valence electrons. The van der Waals surface area contributed by atoms with E-state index < -0.39 is 17.6 Å². The van der Waals surface area contributed by atoms with Crippen LogP contribution >= 0.6 is 11.6 Å². The fourth-order valence-electron chi connectivity index (χ4n) is 2.70. The van der Waals surface area contributed by atoms with E-state index in [-0.39, 0.29) is 5.91 Å². The summed E-state index contributed by atoms with van der Waals surface area (Å²) >= 11 is 6.07. The van der Waals surface area contributed by atoms with Gasteiger partial charge in [-0.15, -0.1) is 0 Å².